The largest absolute Gasteiger partial charge is 0.382 e. The molecule has 1 aromatic heterocycles. The molecule has 0 aliphatic heterocycles. The quantitative estimate of drug-likeness (QED) is 0.777. The van der Waals surface area contributed by atoms with Gasteiger partial charge in [-0.3, -0.25) is 0 Å². The van der Waals surface area contributed by atoms with E-state index in [1.807, 2.05) is 6.07 Å². The summed E-state index contributed by atoms with van der Waals surface area (Å²) in [5.74, 6) is -4.48. The lowest BCUT2D eigenvalue weighted by molar-refractivity contribution is -0.123. The molecule has 4 atom stereocenters. The summed E-state index contributed by atoms with van der Waals surface area (Å²) in [6, 6.07) is 1.81. The first-order chi connectivity index (χ1) is 12.6. The van der Waals surface area contributed by atoms with Crippen molar-refractivity contribution in [1.29, 1.82) is 10.5 Å². The van der Waals surface area contributed by atoms with Gasteiger partial charge in [-0.15, -0.1) is 4.36 Å². The van der Waals surface area contributed by atoms with Crippen LogP contribution in [0.1, 0.15) is 23.8 Å². The lowest BCUT2D eigenvalue weighted by Gasteiger charge is -2.29. The van der Waals surface area contributed by atoms with Crippen LogP contribution in [-0.4, -0.2) is 32.2 Å². The summed E-state index contributed by atoms with van der Waals surface area (Å²) in [5, 5.41) is 28.0. The van der Waals surface area contributed by atoms with E-state index in [9.17, 15) is 22.5 Å². The Morgan fingerprint density at radius 2 is 2.15 bits per heavy atom. The number of halogens is 3. The predicted octanol–water partition coefficient (Wildman–Crippen LogP) is 2.93. The zero-order valence-corrected chi connectivity index (χ0v) is 15.0. The molecule has 0 spiro atoms. The fourth-order valence-electron chi connectivity index (χ4n) is 3.29. The zero-order chi connectivity index (χ0) is 20.0. The third-order valence-corrected chi connectivity index (χ3v) is 6.25. The minimum absolute atomic E-state index is 0.136. The Morgan fingerprint density at radius 1 is 1.44 bits per heavy atom. The molecule has 6 nitrogen and oxygen atoms in total. The number of nitriles is 2. The first kappa shape index (κ1) is 19.2. The molecule has 0 saturated heterocycles. The average Bonchev–Trinajstić information content (AvgIpc) is 3.00. The van der Waals surface area contributed by atoms with Crippen LogP contribution in [0.5, 0.6) is 0 Å². The van der Waals surface area contributed by atoms with E-state index >= 15 is 0 Å². The van der Waals surface area contributed by atoms with Crippen molar-refractivity contribution in [2.24, 2.45) is 10.3 Å². The number of nitrogens with zero attached hydrogens (tertiary/aromatic N) is 4. The molecule has 0 bridgehead atoms. The predicted molar refractivity (Wildman–Crippen MR) is 90.4 cm³/mol. The van der Waals surface area contributed by atoms with Gasteiger partial charge in [-0.1, -0.05) is 0 Å². The highest BCUT2D eigenvalue weighted by atomic mass is 32.2. The maximum absolute atomic E-state index is 14.1. The first-order valence-electron chi connectivity index (χ1n) is 7.96. The monoisotopic (exact) mass is 396 g/mol. The van der Waals surface area contributed by atoms with Crippen molar-refractivity contribution in [3.8, 4) is 12.3 Å². The smallest absolute Gasteiger partial charge is 0.278 e. The van der Waals surface area contributed by atoms with Gasteiger partial charge in [0.05, 0.1) is 20.7 Å². The molecule has 10 heteroatoms. The molecule has 27 heavy (non-hydrogen) atoms. The Labute approximate surface area is 154 Å². The summed E-state index contributed by atoms with van der Waals surface area (Å²) >= 11 is 0. The normalized spacial score (nSPS) is 28.3. The van der Waals surface area contributed by atoms with Gasteiger partial charge in [0, 0.05) is 35.8 Å². The molecule has 0 aromatic carbocycles. The molecule has 3 unspecified atom stereocenters. The number of aliphatic hydroxyl groups is 1. The Hall–Kier alpha value is -2.56. The Bertz CT molecular complexity index is 1050. The molecule has 1 heterocycles. The maximum Gasteiger partial charge on any atom is 0.278 e. The number of aliphatic hydroxyl groups excluding tert-OH is 1. The highest BCUT2D eigenvalue weighted by Crippen LogP contribution is 2.46. The SMILES string of the molecule is CS(=O)(=NC#N)c1cn(C2=CC(C#N)C(F)C=C2)c2c1[C@H](O)C(F)(F)CC2. The molecule has 142 valence electrons. The van der Waals surface area contributed by atoms with E-state index in [1.165, 1.54) is 35.2 Å². The highest BCUT2D eigenvalue weighted by molar-refractivity contribution is 7.93. The second-order valence-corrected chi connectivity index (χ2v) is 8.66. The standard InChI is InChI=1S/C17H15F3N4O2S/c1-27(26,23-9-22)14-8-24(11-2-3-12(18)10(6-11)7-21)13-4-5-17(19,20)16(25)15(13)14/h2-3,6,8,10,12,16,25H,4-5H2,1H3/t10?,12?,16-,27?/m0/s1. The van der Waals surface area contributed by atoms with Crippen LogP contribution in [0.25, 0.3) is 5.70 Å². The number of hydrogen-bond donors (Lipinski definition) is 1. The Morgan fingerprint density at radius 3 is 2.78 bits per heavy atom. The van der Waals surface area contributed by atoms with Crippen LogP contribution in [0.4, 0.5) is 13.2 Å². The molecule has 0 amide bonds. The maximum atomic E-state index is 14.1. The summed E-state index contributed by atoms with van der Waals surface area (Å²) in [7, 11) is -3.37. The van der Waals surface area contributed by atoms with Crippen molar-refractivity contribution >= 4 is 15.4 Å². The fourth-order valence-corrected chi connectivity index (χ4v) is 4.48. The van der Waals surface area contributed by atoms with E-state index in [-0.39, 0.29) is 22.6 Å². The minimum Gasteiger partial charge on any atom is -0.382 e. The van der Waals surface area contributed by atoms with Crippen molar-refractivity contribution < 1.29 is 22.5 Å². The van der Waals surface area contributed by atoms with Crippen LogP contribution < -0.4 is 0 Å². The lowest BCUT2D eigenvalue weighted by atomic mass is 9.91. The summed E-state index contributed by atoms with van der Waals surface area (Å²) in [4.78, 5) is -0.170. The number of alkyl halides is 3. The number of allylic oxidation sites excluding steroid dienone is 4. The van der Waals surface area contributed by atoms with Crippen LogP contribution in [-0.2, 0) is 16.1 Å². The van der Waals surface area contributed by atoms with Gasteiger partial charge in [0.25, 0.3) is 5.92 Å². The molecule has 2 aliphatic carbocycles. The number of aromatic nitrogens is 1. The van der Waals surface area contributed by atoms with Crippen molar-refractivity contribution in [2.45, 2.75) is 35.9 Å². The molecule has 0 radical (unpaired) electrons. The van der Waals surface area contributed by atoms with Crippen LogP contribution in [0.15, 0.2) is 33.7 Å². The topological polar surface area (TPSA) is 102 Å². The Balaban J connectivity index is 2.27. The molecular weight excluding hydrogens is 381 g/mol. The Kier molecular flexibility index (Phi) is 4.66. The van der Waals surface area contributed by atoms with Gasteiger partial charge in [0.1, 0.15) is 18.2 Å². The van der Waals surface area contributed by atoms with Gasteiger partial charge >= 0.3 is 0 Å². The van der Waals surface area contributed by atoms with E-state index < -0.39 is 40.3 Å². The molecule has 3 rings (SSSR count). The van der Waals surface area contributed by atoms with Gasteiger partial charge in [-0.2, -0.15) is 10.5 Å². The summed E-state index contributed by atoms with van der Waals surface area (Å²) < 4.78 is 59.4. The third-order valence-electron chi connectivity index (χ3n) is 4.68. The van der Waals surface area contributed by atoms with Crippen molar-refractivity contribution in [3.05, 3.63) is 35.7 Å². The van der Waals surface area contributed by atoms with Crippen molar-refractivity contribution in [3.63, 3.8) is 0 Å². The molecular formula is C17H15F3N4O2S. The lowest BCUT2D eigenvalue weighted by Crippen LogP contribution is -2.33. The molecule has 1 N–H and O–H groups in total. The van der Waals surface area contributed by atoms with E-state index in [2.05, 4.69) is 4.36 Å². The number of hydrogen-bond acceptors (Lipinski definition) is 5. The minimum atomic E-state index is -3.42. The molecule has 2 aliphatic rings. The fraction of sp³-hybridized carbons (Fsp3) is 0.412. The van der Waals surface area contributed by atoms with Crippen LogP contribution in [0, 0.1) is 28.7 Å². The van der Waals surface area contributed by atoms with Crippen molar-refractivity contribution in [1.82, 2.24) is 4.57 Å². The van der Waals surface area contributed by atoms with Gasteiger partial charge in [-0.25, -0.2) is 17.4 Å². The highest BCUT2D eigenvalue weighted by Gasteiger charge is 2.47. The first-order valence-corrected chi connectivity index (χ1v) is 9.89. The summed E-state index contributed by atoms with van der Waals surface area (Å²) in [6.45, 7) is 0. The summed E-state index contributed by atoms with van der Waals surface area (Å²) in [5.41, 5.74) is 0.376. The zero-order valence-electron chi connectivity index (χ0n) is 14.1. The molecule has 1 aromatic rings. The van der Waals surface area contributed by atoms with Crippen LogP contribution >= 0.6 is 0 Å². The number of rotatable bonds is 2. The molecule has 0 saturated carbocycles. The van der Waals surface area contributed by atoms with Gasteiger partial charge < -0.3 is 9.67 Å². The van der Waals surface area contributed by atoms with Gasteiger partial charge in [-0.05, 0) is 24.6 Å². The second kappa shape index (κ2) is 6.55. The van der Waals surface area contributed by atoms with E-state index in [1.54, 1.807) is 0 Å². The average molecular weight is 396 g/mol. The van der Waals surface area contributed by atoms with Gasteiger partial charge in [0.2, 0.25) is 6.19 Å². The van der Waals surface area contributed by atoms with Crippen LogP contribution in [0.3, 0.4) is 0 Å². The van der Waals surface area contributed by atoms with E-state index in [0.717, 1.165) is 6.26 Å². The van der Waals surface area contributed by atoms with Crippen LogP contribution in [0.2, 0.25) is 0 Å². The second-order valence-electron chi connectivity index (χ2n) is 6.43. The third kappa shape index (κ3) is 3.15. The van der Waals surface area contributed by atoms with E-state index in [0.29, 0.717) is 5.70 Å². The van der Waals surface area contributed by atoms with E-state index in [4.69, 9.17) is 10.5 Å². The number of fused-ring (bicyclic) bond motifs is 1. The molecule has 0 fully saturated rings. The summed E-state index contributed by atoms with van der Waals surface area (Å²) in [6.07, 6.45) is 3.23. The van der Waals surface area contributed by atoms with Crippen molar-refractivity contribution in [2.75, 3.05) is 6.26 Å². The van der Waals surface area contributed by atoms with Gasteiger partial charge in [0.15, 0.2) is 0 Å².